The summed E-state index contributed by atoms with van der Waals surface area (Å²) in [6.07, 6.45) is 5.21. The van der Waals surface area contributed by atoms with Gasteiger partial charge in [-0.1, -0.05) is 18.2 Å². The molecule has 0 amide bonds. The van der Waals surface area contributed by atoms with Crippen LogP contribution in [0.5, 0.6) is 0 Å². The van der Waals surface area contributed by atoms with E-state index in [4.69, 9.17) is 0 Å². The third kappa shape index (κ3) is 2.84. The van der Waals surface area contributed by atoms with E-state index in [2.05, 4.69) is 53.5 Å². The van der Waals surface area contributed by atoms with Gasteiger partial charge in [-0.05, 0) is 58.0 Å². The highest BCUT2D eigenvalue weighted by Gasteiger charge is 2.25. The van der Waals surface area contributed by atoms with Gasteiger partial charge < -0.3 is 15.1 Å². The summed E-state index contributed by atoms with van der Waals surface area (Å²) in [5, 5.41) is 3.65. The number of nitrogens with one attached hydrogen (secondary N) is 1. The summed E-state index contributed by atoms with van der Waals surface area (Å²) in [4.78, 5) is 4.98. The van der Waals surface area contributed by atoms with Crippen LogP contribution < -0.4 is 10.2 Å². The third-order valence-electron chi connectivity index (χ3n) is 4.84. The molecule has 110 valence electrons. The van der Waals surface area contributed by atoms with Gasteiger partial charge in [0.1, 0.15) is 0 Å². The van der Waals surface area contributed by atoms with E-state index in [0.717, 1.165) is 6.54 Å². The first-order valence-corrected chi connectivity index (χ1v) is 7.99. The maximum atomic E-state index is 3.65. The van der Waals surface area contributed by atoms with Crippen LogP contribution in [0.15, 0.2) is 24.3 Å². The zero-order valence-corrected chi connectivity index (χ0v) is 12.8. The van der Waals surface area contributed by atoms with Crippen LogP contribution in [0, 0.1) is 0 Å². The molecule has 2 aliphatic rings. The molecule has 3 rings (SSSR count). The molecule has 2 unspecified atom stereocenters. The second-order valence-electron chi connectivity index (χ2n) is 6.41. The Labute approximate surface area is 123 Å². The molecule has 0 aromatic heterocycles. The highest BCUT2D eigenvalue weighted by atomic mass is 15.2. The number of rotatable bonds is 3. The van der Waals surface area contributed by atoms with E-state index in [1.54, 1.807) is 0 Å². The molecule has 2 saturated heterocycles. The molecule has 0 spiro atoms. The number of nitrogens with zero attached hydrogens (tertiary/aromatic N) is 2. The van der Waals surface area contributed by atoms with Gasteiger partial charge >= 0.3 is 0 Å². The fourth-order valence-corrected chi connectivity index (χ4v) is 3.62. The van der Waals surface area contributed by atoms with Gasteiger partial charge in [0.15, 0.2) is 0 Å². The molecule has 1 aromatic rings. The Kier molecular flexibility index (Phi) is 4.27. The zero-order chi connectivity index (χ0) is 13.9. The first kappa shape index (κ1) is 13.9. The average molecular weight is 273 g/mol. The van der Waals surface area contributed by atoms with Crippen molar-refractivity contribution in [3.63, 3.8) is 0 Å². The molecular formula is C17H27N3. The molecule has 2 fully saturated rings. The Bertz CT molecular complexity index is 438. The number of hydrogen-bond donors (Lipinski definition) is 1. The van der Waals surface area contributed by atoms with Crippen molar-refractivity contribution in [2.45, 2.75) is 37.8 Å². The third-order valence-corrected chi connectivity index (χ3v) is 4.84. The minimum absolute atomic E-state index is 0.561. The standard InChI is InChI=1S/C17H27N3/c1-19(2)14-7-6-12-20(13-14)17-10-4-3-8-15(17)16-9-5-11-18-16/h3-4,8,10,14,16,18H,5-7,9,11-13H2,1-2H3. The average Bonchev–Trinajstić information content (AvgIpc) is 3.01. The van der Waals surface area contributed by atoms with E-state index in [1.807, 2.05) is 0 Å². The predicted molar refractivity (Wildman–Crippen MR) is 85.3 cm³/mol. The summed E-state index contributed by atoms with van der Waals surface area (Å²) in [6, 6.07) is 10.3. The summed E-state index contributed by atoms with van der Waals surface area (Å²) < 4.78 is 0. The van der Waals surface area contributed by atoms with Crippen molar-refractivity contribution in [3.05, 3.63) is 29.8 Å². The minimum Gasteiger partial charge on any atom is -0.370 e. The molecule has 1 N–H and O–H groups in total. The molecule has 20 heavy (non-hydrogen) atoms. The number of hydrogen-bond acceptors (Lipinski definition) is 3. The van der Waals surface area contributed by atoms with Gasteiger partial charge in [0.25, 0.3) is 0 Å². The second kappa shape index (κ2) is 6.15. The summed E-state index contributed by atoms with van der Waals surface area (Å²) in [5.74, 6) is 0. The van der Waals surface area contributed by atoms with Gasteiger partial charge in [-0.2, -0.15) is 0 Å². The lowest BCUT2D eigenvalue weighted by atomic mass is 9.99. The Hall–Kier alpha value is -1.06. The van der Waals surface area contributed by atoms with Crippen LogP contribution in [0.1, 0.15) is 37.3 Å². The highest BCUT2D eigenvalue weighted by molar-refractivity contribution is 5.55. The normalized spacial score (nSPS) is 27.2. The summed E-state index contributed by atoms with van der Waals surface area (Å²) in [5.41, 5.74) is 2.96. The monoisotopic (exact) mass is 273 g/mol. The van der Waals surface area contributed by atoms with Crippen LogP contribution in [-0.4, -0.2) is 44.7 Å². The molecule has 2 aliphatic heterocycles. The first-order valence-electron chi connectivity index (χ1n) is 7.99. The van der Waals surface area contributed by atoms with Crippen molar-refractivity contribution in [2.24, 2.45) is 0 Å². The van der Waals surface area contributed by atoms with Crippen molar-refractivity contribution in [3.8, 4) is 0 Å². The van der Waals surface area contributed by atoms with Gasteiger partial charge in [0, 0.05) is 30.9 Å². The predicted octanol–water partition coefficient (Wildman–Crippen LogP) is 2.64. The van der Waals surface area contributed by atoms with Gasteiger partial charge in [0.2, 0.25) is 0 Å². The Morgan fingerprint density at radius 3 is 2.75 bits per heavy atom. The van der Waals surface area contributed by atoms with Crippen molar-refractivity contribution < 1.29 is 0 Å². The summed E-state index contributed by atoms with van der Waals surface area (Å²) in [7, 11) is 4.41. The fourth-order valence-electron chi connectivity index (χ4n) is 3.62. The van der Waals surface area contributed by atoms with Crippen LogP contribution in [0.3, 0.4) is 0 Å². The van der Waals surface area contributed by atoms with Crippen molar-refractivity contribution in [1.29, 1.82) is 0 Å². The molecule has 2 heterocycles. The van der Waals surface area contributed by atoms with Crippen molar-refractivity contribution >= 4 is 5.69 Å². The minimum atomic E-state index is 0.561. The highest BCUT2D eigenvalue weighted by Crippen LogP contribution is 2.33. The number of benzene rings is 1. The number of likely N-dealkylation sites (N-methyl/N-ethyl adjacent to an activating group) is 1. The fraction of sp³-hybridized carbons (Fsp3) is 0.647. The van der Waals surface area contributed by atoms with E-state index >= 15 is 0 Å². The largest absolute Gasteiger partial charge is 0.370 e. The topological polar surface area (TPSA) is 18.5 Å². The lowest BCUT2D eigenvalue weighted by molar-refractivity contribution is 0.258. The lowest BCUT2D eigenvalue weighted by Gasteiger charge is -2.38. The van der Waals surface area contributed by atoms with Crippen LogP contribution in [-0.2, 0) is 0 Å². The maximum Gasteiger partial charge on any atom is 0.0415 e. The molecule has 0 aliphatic carbocycles. The molecule has 0 saturated carbocycles. The SMILES string of the molecule is CN(C)C1CCCN(c2ccccc2C2CCCN2)C1. The van der Waals surface area contributed by atoms with E-state index < -0.39 is 0 Å². The summed E-state index contributed by atoms with van der Waals surface area (Å²) >= 11 is 0. The molecule has 3 heteroatoms. The Balaban J connectivity index is 1.82. The van der Waals surface area contributed by atoms with E-state index in [1.165, 1.54) is 50.0 Å². The van der Waals surface area contributed by atoms with Crippen LogP contribution >= 0.6 is 0 Å². The first-order chi connectivity index (χ1) is 9.75. The number of para-hydroxylation sites is 1. The van der Waals surface area contributed by atoms with Gasteiger partial charge in [0.05, 0.1) is 0 Å². The number of piperidine rings is 1. The van der Waals surface area contributed by atoms with E-state index in [9.17, 15) is 0 Å². The van der Waals surface area contributed by atoms with Crippen molar-refractivity contribution in [1.82, 2.24) is 10.2 Å². The van der Waals surface area contributed by atoms with Crippen LogP contribution in [0.25, 0.3) is 0 Å². The Morgan fingerprint density at radius 2 is 2.00 bits per heavy atom. The molecule has 0 radical (unpaired) electrons. The van der Waals surface area contributed by atoms with E-state index in [0.29, 0.717) is 12.1 Å². The molecular weight excluding hydrogens is 246 g/mol. The van der Waals surface area contributed by atoms with E-state index in [-0.39, 0.29) is 0 Å². The quantitative estimate of drug-likeness (QED) is 0.913. The van der Waals surface area contributed by atoms with Gasteiger partial charge in [-0.25, -0.2) is 0 Å². The zero-order valence-electron chi connectivity index (χ0n) is 12.8. The Morgan fingerprint density at radius 1 is 1.15 bits per heavy atom. The van der Waals surface area contributed by atoms with Crippen LogP contribution in [0.2, 0.25) is 0 Å². The molecule has 1 aromatic carbocycles. The summed E-state index contributed by atoms with van der Waals surface area (Å²) in [6.45, 7) is 3.53. The maximum absolute atomic E-state index is 3.65. The molecule has 2 atom stereocenters. The second-order valence-corrected chi connectivity index (χ2v) is 6.41. The molecule has 3 nitrogen and oxygen atoms in total. The van der Waals surface area contributed by atoms with Crippen molar-refractivity contribution in [2.75, 3.05) is 38.6 Å². The lowest BCUT2D eigenvalue weighted by Crippen LogP contribution is -2.45. The number of anilines is 1. The van der Waals surface area contributed by atoms with Crippen LogP contribution in [0.4, 0.5) is 5.69 Å². The van der Waals surface area contributed by atoms with Gasteiger partial charge in [-0.3, -0.25) is 0 Å². The smallest absolute Gasteiger partial charge is 0.0415 e. The molecule has 0 bridgehead atoms. The van der Waals surface area contributed by atoms with Gasteiger partial charge in [-0.15, -0.1) is 0 Å².